The molecule has 8 nitrogen and oxygen atoms in total. The standard InChI is InChI=1S/C21H25NO7/c1-13(22-10-16(24)11-27-17-5-3-15(23)4-6-17)8-14-2-7-18-19(9-14)28-12-20(29-18)21(25)26/h2-7,9,13,16,20,22-24H,8,10-12H2,1H3,(H,25,26)/t13-,16+,20?/m1/s1. The predicted molar refractivity (Wildman–Crippen MR) is 105 cm³/mol. The van der Waals surface area contributed by atoms with Gasteiger partial charge in [-0.2, -0.15) is 0 Å². The van der Waals surface area contributed by atoms with Crippen molar-refractivity contribution in [3.05, 3.63) is 48.0 Å². The Morgan fingerprint density at radius 2 is 2.00 bits per heavy atom. The lowest BCUT2D eigenvalue weighted by Crippen LogP contribution is -2.37. The summed E-state index contributed by atoms with van der Waals surface area (Å²) >= 11 is 0. The summed E-state index contributed by atoms with van der Waals surface area (Å²) in [4.78, 5) is 11.0. The first-order chi connectivity index (χ1) is 13.9. The Balaban J connectivity index is 1.43. The summed E-state index contributed by atoms with van der Waals surface area (Å²) in [6.07, 6.45) is -0.969. The number of nitrogens with one attached hydrogen (secondary N) is 1. The highest BCUT2D eigenvalue weighted by Crippen LogP contribution is 2.33. The normalized spacial score (nSPS) is 17.4. The van der Waals surface area contributed by atoms with E-state index in [2.05, 4.69) is 5.32 Å². The van der Waals surface area contributed by atoms with Gasteiger partial charge < -0.3 is 34.8 Å². The predicted octanol–water partition coefficient (Wildman–Crippen LogP) is 1.58. The lowest BCUT2D eigenvalue weighted by molar-refractivity contribution is -0.147. The van der Waals surface area contributed by atoms with Crippen molar-refractivity contribution in [3.63, 3.8) is 0 Å². The molecule has 2 aromatic rings. The summed E-state index contributed by atoms with van der Waals surface area (Å²) in [6.45, 7) is 2.49. The average Bonchev–Trinajstić information content (AvgIpc) is 2.71. The molecule has 0 saturated heterocycles. The summed E-state index contributed by atoms with van der Waals surface area (Å²) < 4.78 is 16.4. The number of aliphatic hydroxyl groups is 1. The Kier molecular flexibility index (Phi) is 6.79. The molecule has 156 valence electrons. The summed E-state index contributed by atoms with van der Waals surface area (Å²) in [5.41, 5.74) is 1.01. The molecular formula is C21H25NO7. The van der Waals surface area contributed by atoms with Crippen molar-refractivity contribution >= 4 is 5.97 Å². The zero-order chi connectivity index (χ0) is 20.8. The first-order valence-corrected chi connectivity index (χ1v) is 9.39. The number of benzene rings is 2. The maximum absolute atomic E-state index is 11.0. The molecule has 0 saturated carbocycles. The molecule has 0 aromatic heterocycles. The van der Waals surface area contributed by atoms with Crippen LogP contribution in [0.4, 0.5) is 0 Å². The van der Waals surface area contributed by atoms with Crippen molar-refractivity contribution in [3.8, 4) is 23.0 Å². The van der Waals surface area contributed by atoms with Crippen LogP contribution in [0, 0.1) is 0 Å². The fraction of sp³-hybridized carbons (Fsp3) is 0.381. The Bertz CT molecular complexity index is 824. The van der Waals surface area contributed by atoms with Crippen LogP contribution in [-0.4, -0.2) is 59.3 Å². The maximum atomic E-state index is 11.0. The van der Waals surface area contributed by atoms with E-state index in [1.165, 1.54) is 12.1 Å². The average molecular weight is 403 g/mol. The van der Waals surface area contributed by atoms with Crippen LogP contribution in [0.15, 0.2) is 42.5 Å². The zero-order valence-corrected chi connectivity index (χ0v) is 16.1. The number of carboxylic acid groups (broad SMARTS) is 1. The topological polar surface area (TPSA) is 117 Å². The molecular weight excluding hydrogens is 378 g/mol. The molecule has 0 radical (unpaired) electrons. The fourth-order valence-electron chi connectivity index (χ4n) is 2.92. The van der Waals surface area contributed by atoms with E-state index in [1.807, 2.05) is 19.1 Å². The number of hydrogen-bond acceptors (Lipinski definition) is 7. The molecule has 0 bridgehead atoms. The molecule has 8 heteroatoms. The second-order valence-electron chi connectivity index (χ2n) is 7.01. The van der Waals surface area contributed by atoms with Crippen LogP contribution < -0.4 is 19.5 Å². The van der Waals surface area contributed by atoms with Gasteiger partial charge in [0.2, 0.25) is 6.10 Å². The van der Waals surface area contributed by atoms with Gasteiger partial charge in [0, 0.05) is 12.6 Å². The van der Waals surface area contributed by atoms with E-state index in [-0.39, 0.29) is 25.0 Å². The van der Waals surface area contributed by atoms with Crippen molar-refractivity contribution in [2.45, 2.75) is 31.6 Å². The Labute approximate surface area is 168 Å². The minimum atomic E-state index is -1.05. The minimum absolute atomic E-state index is 0.0210. The van der Waals surface area contributed by atoms with Crippen LogP contribution in [0.5, 0.6) is 23.0 Å². The molecule has 1 unspecified atom stereocenters. The van der Waals surface area contributed by atoms with Crippen molar-refractivity contribution in [2.75, 3.05) is 19.8 Å². The first-order valence-electron chi connectivity index (χ1n) is 9.39. The third kappa shape index (κ3) is 6.00. The molecule has 1 aliphatic rings. The Morgan fingerprint density at radius 1 is 1.24 bits per heavy atom. The maximum Gasteiger partial charge on any atom is 0.348 e. The van der Waals surface area contributed by atoms with Crippen molar-refractivity contribution < 1.29 is 34.3 Å². The van der Waals surface area contributed by atoms with E-state index in [0.29, 0.717) is 30.2 Å². The number of fused-ring (bicyclic) bond motifs is 1. The second kappa shape index (κ2) is 9.49. The van der Waals surface area contributed by atoms with Crippen LogP contribution in [0.25, 0.3) is 0 Å². The molecule has 1 heterocycles. The largest absolute Gasteiger partial charge is 0.508 e. The smallest absolute Gasteiger partial charge is 0.348 e. The number of aliphatic hydroxyl groups excluding tert-OH is 1. The number of carbonyl (C=O) groups is 1. The lowest BCUT2D eigenvalue weighted by atomic mass is 10.1. The van der Waals surface area contributed by atoms with Crippen LogP contribution in [0.1, 0.15) is 12.5 Å². The molecule has 0 amide bonds. The van der Waals surface area contributed by atoms with E-state index in [0.717, 1.165) is 5.56 Å². The first kappa shape index (κ1) is 20.8. The number of phenolic OH excluding ortho intramolecular Hbond substituents is 1. The van der Waals surface area contributed by atoms with Gasteiger partial charge in [0.1, 0.15) is 30.8 Å². The highest BCUT2D eigenvalue weighted by molar-refractivity contribution is 5.73. The molecule has 4 N–H and O–H groups in total. The van der Waals surface area contributed by atoms with Crippen LogP contribution in [0.2, 0.25) is 0 Å². The van der Waals surface area contributed by atoms with Crippen molar-refractivity contribution in [2.24, 2.45) is 0 Å². The van der Waals surface area contributed by atoms with Crippen molar-refractivity contribution in [1.29, 1.82) is 0 Å². The summed E-state index contributed by atoms with van der Waals surface area (Å²) in [5, 5.41) is 31.6. The third-order valence-corrected chi connectivity index (χ3v) is 4.47. The highest BCUT2D eigenvalue weighted by Gasteiger charge is 2.27. The van der Waals surface area contributed by atoms with Gasteiger partial charge in [-0.05, 0) is 55.3 Å². The number of hydrogen-bond donors (Lipinski definition) is 4. The molecule has 1 aliphatic heterocycles. The molecule has 2 aromatic carbocycles. The summed E-state index contributed by atoms with van der Waals surface area (Å²) in [7, 11) is 0. The lowest BCUT2D eigenvalue weighted by Gasteiger charge is -2.24. The van der Waals surface area contributed by atoms with Gasteiger partial charge >= 0.3 is 5.97 Å². The Hall–Kier alpha value is -2.97. The van der Waals surface area contributed by atoms with E-state index < -0.39 is 18.2 Å². The SMILES string of the molecule is C[C@H](Cc1ccc2c(c1)OCC(C(=O)O)O2)NC[C@H](O)COc1ccc(O)cc1. The Morgan fingerprint density at radius 3 is 2.72 bits per heavy atom. The number of ether oxygens (including phenoxy) is 3. The van der Waals surface area contributed by atoms with Gasteiger partial charge in [0.25, 0.3) is 0 Å². The van der Waals surface area contributed by atoms with Gasteiger partial charge in [-0.15, -0.1) is 0 Å². The number of aliphatic carboxylic acids is 1. The summed E-state index contributed by atoms with van der Waals surface area (Å²) in [5.74, 6) is 0.653. The number of aromatic hydroxyl groups is 1. The molecule has 29 heavy (non-hydrogen) atoms. The summed E-state index contributed by atoms with van der Waals surface area (Å²) in [6, 6.07) is 11.8. The number of phenols is 1. The number of rotatable bonds is 9. The van der Waals surface area contributed by atoms with E-state index >= 15 is 0 Å². The van der Waals surface area contributed by atoms with Crippen LogP contribution in [-0.2, 0) is 11.2 Å². The van der Waals surface area contributed by atoms with Gasteiger partial charge in [-0.25, -0.2) is 4.79 Å². The van der Waals surface area contributed by atoms with E-state index in [9.17, 15) is 15.0 Å². The van der Waals surface area contributed by atoms with Gasteiger partial charge in [0.05, 0.1) is 0 Å². The van der Waals surface area contributed by atoms with Gasteiger partial charge in [0.15, 0.2) is 11.5 Å². The fourth-order valence-corrected chi connectivity index (χ4v) is 2.92. The quantitative estimate of drug-likeness (QED) is 0.499. The zero-order valence-electron chi connectivity index (χ0n) is 16.1. The van der Waals surface area contributed by atoms with Crippen molar-refractivity contribution in [1.82, 2.24) is 5.32 Å². The van der Waals surface area contributed by atoms with Crippen LogP contribution >= 0.6 is 0 Å². The highest BCUT2D eigenvalue weighted by atomic mass is 16.6. The van der Waals surface area contributed by atoms with Crippen LogP contribution in [0.3, 0.4) is 0 Å². The molecule has 0 fully saturated rings. The number of carboxylic acids is 1. The third-order valence-electron chi connectivity index (χ3n) is 4.47. The minimum Gasteiger partial charge on any atom is -0.508 e. The molecule has 0 aliphatic carbocycles. The van der Waals surface area contributed by atoms with Gasteiger partial charge in [-0.1, -0.05) is 6.07 Å². The van der Waals surface area contributed by atoms with E-state index in [4.69, 9.17) is 19.3 Å². The molecule has 3 atom stereocenters. The molecule has 3 rings (SSSR count). The monoisotopic (exact) mass is 403 g/mol. The van der Waals surface area contributed by atoms with E-state index in [1.54, 1.807) is 18.2 Å². The molecule has 0 spiro atoms. The van der Waals surface area contributed by atoms with Gasteiger partial charge in [-0.3, -0.25) is 0 Å². The second-order valence-corrected chi connectivity index (χ2v) is 7.01.